The molecule has 8 heteroatoms. The van der Waals surface area contributed by atoms with E-state index in [1.807, 2.05) is 6.92 Å². The van der Waals surface area contributed by atoms with Crippen molar-refractivity contribution in [3.63, 3.8) is 0 Å². The van der Waals surface area contributed by atoms with Gasteiger partial charge in [0.25, 0.3) is 5.56 Å². The van der Waals surface area contributed by atoms with Crippen LogP contribution in [0.15, 0.2) is 15.8 Å². The van der Waals surface area contributed by atoms with E-state index in [2.05, 4.69) is 4.98 Å². The van der Waals surface area contributed by atoms with Crippen LogP contribution < -0.4 is 11.2 Å². The summed E-state index contributed by atoms with van der Waals surface area (Å²) in [7, 11) is 0. The first-order valence-electron chi connectivity index (χ1n) is 6.45. The van der Waals surface area contributed by atoms with Crippen LogP contribution in [-0.4, -0.2) is 49.8 Å². The summed E-state index contributed by atoms with van der Waals surface area (Å²) in [5, 5.41) is 28.6. The summed E-state index contributed by atoms with van der Waals surface area (Å²) in [5.41, 5.74) is -1.15. The molecular weight excluding hydrogens is 268 g/mol. The second kappa shape index (κ2) is 5.88. The van der Waals surface area contributed by atoms with E-state index in [0.717, 1.165) is 0 Å². The van der Waals surface area contributed by atoms with Gasteiger partial charge in [-0.05, 0) is 6.42 Å². The minimum Gasteiger partial charge on any atom is -0.394 e. The first-order valence-corrected chi connectivity index (χ1v) is 6.45. The van der Waals surface area contributed by atoms with Gasteiger partial charge in [-0.2, -0.15) is 0 Å². The summed E-state index contributed by atoms with van der Waals surface area (Å²) in [6.07, 6.45) is -2.63. The number of nitrogens with one attached hydrogen (secondary N) is 1. The lowest BCUT2D eigenvalue weighted by molar-refractivity contribution is -0.0233. The van der Waals surface area contributed by atoms with Gasteiger partial charge in [0.05, 0.1) is 12.2 Å². The van der Waals surface area contributed by atoms with Crippen LogP contribution >= 0.6 is 0 Å². The van der Waals surface area contributed by atoms with Gasteiger partial charge in [0.15, 0.2) is 0 Å². The van der Waals surface area contributed by atoms with E-state index >= 15 is 0 Å². The molecule has 1 aromatic heterocycles. The normalized spacial score (nSPS) is 29.8. The average molecular weight is 286 g/mol. The SMILES string of the molecule is CCCn1cc([C@@H]2O[C@H](CO)[C@H](O)C2O)c(=O)[nH]c1=O. The molecule has 0 aliphatic carbocycles. The van der Waals surface area contributed by atoms with E-state index in [4.69, 9.17) is 9.84 Å². The van der Waals surface area contributed by atoms with E-state index in [9.17, 15) is 19.8 Å². The molecule has 0 amide bonds. The molecule has 1 aliphatic rings. The quantitative estimate of drug-likeness (QED) is 0.512. The highest BCUT2D eigenvalue weighted by Gasteiger charge is 2.44. The van der Waals surface area contributed by atoms with Crippen molar-refractivity contribution in [2.45, 2.75) is 44.3 Å². The Morgan fingerprint density at radius 1 is 1.35 bits per heavy atom. The molecular formula is C12H18N2O6. The largest absolute Gasteiger partial charge is 0.394 e. The number of aromatic amines is 1. The predicted molar refractivity (Wildman–Crippen MR) is 68.3 cm³/mol. The van der Waals surface area contributed by atoms with Crippen molar-refractivity contribution in [2.75, 3.05) is 6.61 Å². The van der Waals surface area contributed by atoms with Gasteiger partial charge in [0.1, 0.15) is 24.4 Å². The monoisotopic (exact) mass is 286 g/mol. The van der Waals surface area contributed by atoms with Crippen LogP contribution in [0.3, 0.4) is 0 Å². The minimum atomic E-state index is -1.33. The predicted octanol–water partition coefficient (Wildman–Crippen LogP) is -1.90. The Hall–Kier alpha value is -1.48. The minimum absolute atomic E-state index is 0.0561. The van der Waals surface area contributed by atoms with Gasteiger partial charge >= 0.3 is 5.69 Å². The van der Waals surface area contributed by atoms with E-state index in [0.29, 0.717) is 13.0 Å². The molecule has 0 radical (unpaired) electrons. The Morgan fingerprint density at radius 2 is 2.05 bits per heavy atom. The maximum absolute atomic E-state index is 11.8. The zero-order valence-electron chi connectivity index (χ0n) is 11.0. The van der Waals surface area contributed by atoms with Crippen LogP contribution in [0.25, 0.3) is 0 Å². The van der Waals surface area contributed by atoms with Gasteiger partial charge in [-0.15, -0.1) is 0 Å². The Morgan fingerprint density at radius 3 is 2.60 bits per heavy atom. The van der Waals surface area contributed by atoms with Crippen LogP contribution in [0.2, 0.25) is 0 Å². The summed E-state index contributed by atoms with van der Waals surface area (Å²) in [6, 6.07) is 0. The van der Waals surface area contributed by atoms with E-state index in [1.54, 1.807) is 0 Å². The lowest BCUT2D eigenvalue weighted by atomic mass is 10.0. The van der Waals surface area contributed by atoms with Crippen molar-refractivity contribution in [1.82, 2.24) is 9.55 Å². The molecule has 1 saturated heterocycles. The maximum Gasteiger partial charge on any atom is 0.328 e. The summed E-state index contributed by atoms with van der Waals surface area (Å²) in [4.78, 5) is 25.6. The molecule has 1 aromatic rings. The third-order valence-electron chi connectivity index (χ3n) is 3.35. The van der Waals surface area contributed by atoms with Crippen LogP contribution in [-0.2, 0) is 11.3 Å². The third-order valence-corrected chi connectivity index (χ3v) is 3.35. The summed E-state index contributed by atoms with van der Waals surface area (Å²) in [6.45, 7) is 1.82. The number of H-pyrrole nitrogens is 1. The first-order chi connectivity index (χ1) is 9.49. The second-order valence-electron chi connectivity index (χ2n) is 4.80. The molecule has 0 bridgehead atoms. The molecule has 0 spiro atoms. The van der Waals surface area contributed by atoms with E-state index in [-0.39, 0.29) is 5.56 Å². The number of aliphatic hydroxyl groups excluding tert-OH is 3. The van der Waals surface area contributed by atoms with Gasteiger partial charge in [-0.1, -0.05) is 6.92 Å². The lowest BCUT2D eigenvalue weighted by Crippen LogP contribution is -2.36. The molecule has 4 N–H and O–H groups in total. The molecule has 2 rings (SSSR count). The molecule has 112 valence electrons. The van der Waals surface area contributed by atoms with Crippen LogP contribution in [0.4, 0.5) is 0 Å². The van der Waals surface area contributed by atoms with Gasteiger partial charge in [0, 0.05) is 12.7 Å². The molecule has 4 atom stereocenters. The average Bonchev–Trinajstić information content (AvgIpc) is 2.70. The molecule has 2 heterocycles. The Labute approximate surface area is 114 Å². The van der Waals surface area contributed by atoms with Crippen LogP contribution in [0.5, 0.6) is 0 Å². The zero-order chi connectivity index (χ0) is 14.9. The molecule has 0 saturated carbocycles. The van der Waals surface area contributed by atoms with Crippen molar-refractivity contribution in [1.29, 1.82) is 0 Å². The number of hydrogen-bond acceptors (Lipinski definition) is 6. The molecule has 1 fully saturated rings. The lowest BCUT2D eigenvalue weighted by Gasteiger charge is -2.15. The van der Waals surface area contributed by atoms with Gasteiger partial charge in [-0.3, -0.25) is 9.78 Å². The Kier molecular flexibility index (Phi) is 4.39. The Bertz CT molecular complexity index is 580. The van der Waals surface area contributed by atoms with Gasteiger partial charge in [0.2, 0.25) is 0 Å². The van der Waals surface area contributed by atoms with Crippen molar-refractivity contribution < 1.29 is 20.1 Å². The molecule has 1 aliphatic heterocycles. The van der Waals surface area contributed by atoms with Crippen LogP contribution in [0, 0.1) is 0 Å². The van der Waals surface area contributed by atoms with Gasteiger partial charge < -0.3 is 24.6 Å². The number of rotatable bonds is 4. The van der Waals surface area contributed by atoms with Crippen LogP contribution in [0.1, 0.15) is 25.0 Å². The number of aryl methyl sites for hydroxylation is 1. The van der Waals surface area contributed by atoms with Crippen molar-refractivity contribution in [2.24, 2.45) is 0 Å². The molecule has 0 aromatic carbocycles. The number of aromatic nitrogens is 2. The second-order valence-corrected chi connectivity index (χ2v) is 4.80. The summed E-state index contributed by atoms with van der Waals surface area (Å²) in [5.74, 6) is 0. The van der Waals surface area contributed by atoms with E-state index in [1.165, 1.54) is 10.8 Å². The smallest absolute Gasteiger partial charge is 0.328 e. The third kappa shape index (κ3) is 2.55. The first kappa shape index (κ1) is 14.9. The summed E-state index contributed by atoms with van der Waals surface area (Å²) < 4.78 is 6.60. The maximum atomic E-state index is 11.8. The fourth-order valence-electron chi connectivity index (χ4n) is 2.29. The molecule has 20 heavy (non-hydrogen) atoms. The number of aliphatic hydroxyl groups is 3. The fraction of sp³-hybridized carbons (Fsp3) is 0.667. The number of nitrogens with zero attached hydrogens (tertiary/aromatic N) is 1. The Balaban J connectivity index is 2.40. The highest BCUT2D eigenvalue weighted by Crippen LogP contribution is 2.31. The van der Waals surface area contributed by atoms with Crippen molar-refractivity contribution in [3.05, 3.63) is 32.6 Å². The number of hydrogen-bond donors (Lipinski definition) is 4. The number of ether oxygens (including phenoxy) is 1. The highest BCUT2D eigenvalue weighted by molar-refractivity contribution is 5.14. The molecule has 1 unspecified atom stereocenters. The van der Waals surface area contributed by atoms with Crippen molar-refractivity contribution >= 4 is 0 Å². The topological polar surface area (TPSA) is 125 Å². The molecule has 8 nitrogen and oxygen atoms in total. The summed E-state index contributed by atoms with van der Waals surface area (Å²) >= 11 is 0. The zero-order valence-corrected chi connectivity index (χ0v) is 11.0. The highest BCUT2D eigenvalue weighted by atomic mass is 16.6. The standard InChI is InChI=1S/C12H18N2O6/c1-2-3-14-4-6(11(18)13-12(14)19)10-9(17)8(16)7(5-15)20-10/h4,7-10,15-17H,2-3,5H2,1H3,(H,13,18,19)/t7-,8+,9?,10+/m1/s1. The fourth-order valence-corrected chi connectivity index (χ4v) is 2.29. The van der Waals surface area contributed by atoms with Gasteiger partial charge in [-0.25, -0.2) is 4.79 Å². The van der Waals surface area contributed by atoms with E-state index < -0.39 is 42.3 Å². The van der Waals surface area contributed by atoms with Crippen molar-refractivity contribution in [3.8, 4) is 0 Å².